The lowest BCUT2D eigenvalue weighted by Gasteiger charge is -2.14. The van der Waals surface area contributed by atoms with Gasteiger partial charge in [0.25, 0.3) is 5.69 Å². The van der Waals surface area contributed by atoms with Gasteiger partial charge in [-0.05, 0) is 42.7 Å². The van der Waals surface area contributed by atoms with Crippen molar-refractivity contribution in [3.8, 4) is 6.07 Å². The minimum absolute atomic E-state index is 0.00474. The van der Waals surface area contributed by atoms with E-state index in [0.29, 0.717) is 18.5 Å². The van der Waals surface area contributed by atoms with Crippen LogP contribution in [0.4, 0.5) is 11.4 Å². The average Bonchev–Trinajstić information content (AvgIpc) is 2.65. The highest BCUT2D eigenvalue weighted by Crippen LogP contribution is 2.19. The maximum atomic E-state index is 12.4. The number of carboxylic acids is 1. The number of benzene rings is 2. The lowest BCUT2D eigenvalue weighted by atomic mass is 9.96. The van der Waals surface area contributed by atoms with Crippen LogP contribution in [0.15, 0.2) is 48.5 Å². The summed E-state index contributed by atoms with van der Waals surface area (Å²) >= 11 is 0. The van der Waals surface area contributed by atoms with Gasteiger partial charge in [0.2, 0.25) is 5.91 Å². The summed E-state index contributed by atoms with van der Waals surface area (Å²) in [6.07, 6.45) is 0.937. The zero-order chi connectivity index (χ0) is 19.8. The molecule has 0 aromatic heterocycles. The minimum Gasteiger partial charge on any atom is -0.478 e. The van der Waals surface area contributed by atoms with E-state index in [1.165, 1.54) is 36.4 Å². The molecule has 0 bridgehead atoms. The van der Waals surface area contributed by atoms with Crippen LogP contribution < -0.4 is 5.32 Å². The van der Waals surface area contributed by atoms with E-state index in [-0.39, 0.29) is 23.6 Å². The first-order valence-corrected chi connectivity index (χ1v) is 8.15. The number of nitro groups is 1. The van der Waals surface area contributed by atoms with Crippen molar-refractivity contribution in [1.29, 1.82) is 5.26 Å². The van der Waals surface area contributed by atoms with Crippen molar-refractivity contribution < 1.29 is 19.6 Å². The molecule has 27 heavy (non-hydrogen) atoms. The van der Waals surface area contributed by atoms with Gasteiger partial charge in [0.05, 0.1) is 22.5 Å². The van der Waals surface area contributed by atoms with E-state index in [1.54, 1.807) is 12.1 Å². The number of aryl methyl sites for hydroxylation is 1. The van der Waals surface area contributed by atoms with Gasteiger partial charge >= 0.3 is 5.97 Å². The van der Waals surface area contributed by atoms with Crippen LogP contribution in [-0.4, -0.2) is 21.9 Å². The van der Waals surface area contributed by atoms with E-state index in [9.17, 15) is 19.7 Å². The Bertz CT molecular complexity index is 870. The predicted molar refractivity (Wildman–Crippen MR) is 97.2 cm³/mol. The molecule has 0 saturated carbocycles. The van der Waals surface area contributed by atoms with Crippen LogP contribution in [0.5, 0.6) is 0 Å². The molecular weight excluding hydrogens is 350 g/mol. The first kappa shape index (κ1) is 19.6. The number of hydrogen-bond acceptors (Lipinski definition) is 5. The van der Waals surface area contributed by atoms with Crippen LogP contribution in [0, 0.1) is 27.4 Å². The molecule has 0 aliphatic rings. The topological polar surface area (TPSA) is 133 Å². The maximum Gasteiger partial charge on any atom is 0.335 e. The molecule has 0 unspecified atom stereocenters. The maximum absolute atomic E-state index is 12.4. The third kappa shape index (κ3) is 5.64. The second-order valence-electron chi connectivity index (χ2n) is 5.89. The summed E-state index contributed by atoms with van der Waals surface area (Å²) in [4.78, 5) is 33.5. The monoisotopic (exact) mass is 367 g/mol. The lowest BCUT2D eigenvalue weighted by molar-refractivity contribution is -0.384. The largest absolute Gasteiger partial charge is 0.478 e. The second kappa shape index (κ2) is 9.10. The van der Waals surface area contributed by atoms with Crippen molar-refractivity contribution in [1.82, 2.24) is 0 Å². The zero-order valence-electron chi connectivity index (χ0n) is 14.3. The van der Waals surface area contributed by atoms with Crippen LogP contribution >= 0.6 is 0 Å². The number of carbonyl (C=O) groups is 2. The number of carboxylic acid groups (broad SMARTS) is 1. The third-order valence-electron chi connectivity index (χ3n) is 4.04. The Hall–Kier alpha value is -3.73. The van der Waals surface area contributed by atoms with Gasteiger partial charge in [0.1, 0.15) is 0 Å². The normalized spacial score (nSPS) is 11.2. The first-order chi connectivity index (χ1) is 12.9. The van der Waals surface area contributed by atoms with Crippen molar-refractivity contribution in [3.63, 3.8) is 0 Å². The molecule has 8 heteroatoms. The third-order valence-corrected chi connectivity index (χ3v) is 4.04. The van der Waals surface area contributed by atoms with Crippen LogP contribution in [0.2, 0.25) is 0 Å². The predicted octanol–water partition coefficient (Wildman–Crippen LogP) is 3.39. The number of carbonyl (C=O) groups excluding carboxylic acids is 1. The minimum atomic E-state index is -1.06. The molecule has 1 atom stereocenters. The Morgan fingerprint density at radius 3 is 2.30 bits per heavy atom. The molecule has 2 rings (SSSR count). The molecular formula is C19H17N3O5. The Labute approximate surface area is 155 Å². The number of anilines is 1. The summed E-state index contributed by atoms with van der Waals surface area (Å²) in [6, 6.07) is 13.8. The number of amides is 1. The molecule has 0 aliphatic carbocycles. The van der Waals surface area contributed by atoms with E-state index in [4.69, 9.17) is 10.4 Å². The number of nitriles is 1. The molecule has 2 N–H and O–H groups in total. The molecule has 2 aromatic carbocycles. The molecule has 0 radical (unpaired) electrons. The van der Waals surface area contributed by atoms with Gasteiger partial charge in [-0.3, -0.25) is 14.9 Å². The van der Waals surface area contributed by atoms with Gasteiger partial charge in [-0.15, -0.1) is 0 Å². The van der Waals surface area contributed by atoms with Crippen molar-refractivity contribution in [2.75, 3.05) is 5.32 Å². The SMILES string of the molecule is N#CC[C@H](CCc1ccc([N+](=O)[O-])cc1)C(=O)Nc1ccc(C(=O)O)cc1. The quantitative estimate of drug-likeness (QED) is 0.542. The van der Waals surface area contributed by atoms with Crippen LogP contribution in [0.1, 0.15) is 28.8 Å². The van der Waals surface area contributed by atoms with E-state index in [0.717, 1.165) is 5.56 Å². The first-order valence-electron chi connectivity index (χ1n) is 8.15. The second-order valence-corrected chi connectivity index (χ2v) is 5.89. The summed E-state index contributed by atoms with van der Waals surface area (Å²) in [5, 5.41) is 31.2. The van der Waals surface area contributed by atoms with Gasteiger partial charge in [-0.25, -0.2) is 4.79 Å². The Morgan fingerprint density at radius 2 is 1.78 bits per heavy atom. The van der Waals surface area contributed by atoms with Gasteiger partial charge < -0.3 is 10.4 Å². The van der Waals surface area contributed by atoms with Crippen molar-refractivity contribution in [3.05, 3.63) is 69.8 Å². The smallest absolute Gasteiger partial charge is 0.335 e. The van der Waals surface area contributed by atoms with Crippen LogP contribution in [-0.2, 0) is 11.2 Å². The number of rotatable bonds is 8. The van der Waals surface area contributed by atoms with Gasteiger partial charge in [0, 0.05) is 24.2 Å². The fourth-order valence-corrected chi connectivity index (χ4v) is 2.50. The number of nitro benzene ring substituents is 1. The fraction of sp³-hybridized carbons (Fsp3) is 0.211. The van der Waals surface area contributed by atoms with Gasteiger partial charge in [0.15, 0.2) is 0 Å². The lowest BCUT2D eigenvalue weighted by Crippen LogP contribution is -2.23. The summed E-state index contributed by atoms with van der Waals surface area (Å²) in [5.74, 6) is -1.94. The summed E-state index contributed by atoms with van der Waals surface area (Å²) in [7, 11) is 0. The Morgan fingerprint density at radius 1 is 1.15 bits per heavy atom. The van der Waals surface area contributed by atoms with E-state index >= 15 is 0 Å². The number of non-ortho nitro benzene ring substituents is 1. The highest BCUT2D eigenvalue weighted by atomic mass is 16.6. The molecule has 8 nitrogen and oxygen atoms in total. The summed E-state index contributed by atoms with van der Waals surface area (Å²) < 4.78 is 0. The van der Waals surface area contributed by atoms with Gasteiger partial charge in [-0.1, -0.05) is 12.1 Å². The van der Waals surface area contributed by atoms with E-state index in [2.05, 4.69) is 5.32 Å². The van der Waals surface area contributed by atoms with Crippen LogP contribution in [0.25, 0.3) is 0 Å². The molecule has 0 spiro atoms. The van der Waals surface area contributed by atoms with Crippen molar-refractivity contribution in [2.45, 2.75) is 19.3 Å². The molecule has 0 heterocycles. The molecule has 138 valence electrons. The summed E-state index contributed by atoms with van der Waals surface area (Å²) in [5.41, 5.74) is 1.39. The number of hydrogen-bond donors (Lipinski definition) is 2. The number of nitrogens with one attached hydrogen (secondary N) is 1. The van der Waals surface area contributed by atoms with Gasteiger partial charge in [-0.2, -0.15) is 5.26 Å². The van der Waals surface area contributed by atoms with Crippen molar-refractivity contribution >= 4 is 23.3 Å². The molecule has 0 saturated heterocycles. The van der Waals surface area contributed by atoms with Crippen LogP contribution in [0.3, 0.4) is 0 Å². The molecule has 2 aromatic rings. The average molecular weight is 367 g/mol. The highest BCUT2D eigenvalue weighted by Gasteiger charge is 2.19. The number of aromatic carboxylic acids is 1. The Kier molecular flexibility index (Phi) is 6.61. The highest BCUT2D eigenvalue weighted by molar-refractivity contribution is 5.93. The van der Waals surface area contributed by atoms with Crippen molar-refractivity contribution in [2.24, 2.45) is 5.92 Å². The van der Waals surface area contributed by atoms with E-state index in [1.807, 2.05) is 6.07 Å². The summed E-state index contributed by atoms with van der Waals surface area (Å²) in [6.45, 7) is 0. The standard InChI is InChI=1S/C19H17N3O5/c20-12-11-14(4-1-13-2-9-17(10-3-13)22(26)27)18(23)21-16-7-5-15(6-8-16)19(24)25/h2-3,5-10,14H,1,4,11H2,(H,21,23)(H,24,25)/t14-/m0/s1. The number of nitrogens with zero attached hydrogens (tertiary/aromatic N) is 2. The molecule has 0 aliphatic heterocycles. The Balaban J connectivity index is 1.98. The molecule has 1 amide bonds. The molecule has 0 fully saturated rings. The van der Waals surface area contributed by atoms with E-state index < -0.39 is 16.8 Å². The fourth-order valence-electron chi connectivity index (χ4n) is 2.50. The zero-order valence-corrected chi connectivity index (χ0v) is 14.3.